The van der Waals surface area contributed by atoms with Crippen molar-refractivity contribution in [1.29, 1.82) is 0 Å². The van der Waals surface area contributed by atoms with Gasteiger partial charge in [0.15, 0.2) is 0 Å². The van der Waals surface area contributed by atoms with Gasteiger partial charge in [-0.15, -0.1) is 0 Å². The lowest BCUT2D eigenvalue weighted by Crippen LogP contribution is -2.05. The second kappa shape index (κ2) is 13.0. The van der Waals surface area contributed by atoms with E-state index < -0.39 is 27.1 Å². The maximum atomic E-state index is 11.5. The van der Waals surface area contributed by atoms with Gasteiger partial charge in [-0.25, -0.2) is 0 Å². The van der Waals surface area contributed by atoms with Crippen LogP contribution in [0.3, 0.4) is 0 Å². The van der Waals surface area contributed by atoms with Crippen molar-refractivity contribution < 1.29 is 24.0 Å². The van der Waals surface area contributed by atoms with Crippen molar-refractivity contribution in [1.82, 2.24) is 0 Å². The van der Waals surface area contributed by atoms with Crippen LogP contribution in [-0.2, 0) is 9.13 Å². The highest BCUT2D eigenvalue weighted by Gasteiger charge is 2.43. The van der Waals surface area contributed by atoms with Crippen molar-refractivity contribution in [3.8, 4) is 0 Å². The Balaban J connectivity index is 3.92. The van der Waals surface area contributed by atoms with E-state index in [1.165, 1.54) is 11.1 Å². The monoisotopic (exact) mass is 379 g/mol. The van der Waals surface area contributed by atoms with E-state index in [0.717, 1.165) is 38.5 Å². The summed E-state index contributed by atoms with van der Waals surface area (Å²) >= 11 is 0. The molecule has 0 amide bonds. The molecule has 0 aromatic carbocycles. The minimum atomic E-state index is -4.40. The van der Waals surface area contributed by atoms with Crippen molar-refractivity contribution in [2.24, 2.45) is 0 Å². The molecular weight excluding hydrogens is 346 g/mol. The average molecular weight is 379 g/mol. The van der Waals surface area contributed by atoms with Gasteiger partial charge in [0.25, 0.3) is 5.40 Å². The fraction of sp³-hybridized carbons (Fsp3) is 0.765. The van der Waals surface area contributed by atoms with Gasteiger partial charge in [-0.1, -0.05) is 40.7 Å². The SMILES string of the molecule is CC(C)=CCCC(C)=CCCCCCCC([P+](=O)CO)P(=O)(O)O. The topological polar surface area (TPSA) is 94.8 Å². The molecule has 0 spiro atoms. The smallest absolute Gasteiger partial charge is 0.353 e. The maximum Gasteiger partial charge on any atom is 0.382 e. The van der Waals surface area contributed by atoms with Gasteiger partial charge >= 0.3 is 15.4 Å². The third kappa shape index (κ3) is 12.1. The summed E-state index contributed by atoms with van der Waals surface area (Å²) in [6.45, 7) is 6.36. The van der Waals surface area contributed by atoms with E-state index in [0.29, 0.717) is 6.42 Å². The summed E-state index contributed by atoms with van der Waals surface area (Å²) in [6, 6.07) is 0. The lowest BCUT2D eigenvalue weighted by atomic mass is 10.1. The minimum Gasteiger partial charge on any atom is -0.353 e. The molecule has 0 aliphatic rings. The largest absolute Gasteiger partial charge is 0.382 e. The zero-order chi connectivity index (χ0) is 18.6. The van der Waals surface area contributed by atoms with E-state index in [1.54, 1.807) is 0 Å². The zero-order valence-corrected chi connectivity index (χ0v) is 16.9. The zero-order valence-electron chi connectivity index (χ0n) is 15.1. The Hall–Kier alpha value is -0.310. The van der Waals surface area contributed by atoms with Crippen LogP contribution in [0.1, 0.15) is 72.1 Å². The predicted molar refractivity (Wildman–Crippen MR) is 101 cm³/mol. The van der Waals surface area contributed by atoms with Gasteiger partial charge < -0.3 is 14.9 Å². The molecule has 2 atom stereocenters. The summed E-state index contributed by atoms with van der Waals surface area (Å²) in [5, 5.41) is 7.65. The summed E-state index contributed by atoms with van der Waals surface area (Å²) in [5.41, 5.74) is 2.74. The molecule has 5 nitrogen and oxygen atoms in total. The predicted octanol–water partition coefficient (Wildman–Crippen LogP) is 5.30. The first-order chi connectivity index (χ1) is 11.2. The van der Waals surface area contributed by atoms with Gasteiger partial charge in [0.1, 0.15) is 0 Å². The van der Waals surface area contributed by atoms with Crippen LogP contribution in [0.15, 0.2) is 23.3 Å². The van der Waals surface area contributed by atoms with Crippen molar-refractivity contribution in [2.45, 2.75) is 77.5 Å². The van der Waals surface area contributed by atoms with Gasteiger partial charge in [-0.3, -0.25) is 4.57 Å². The Bertz CT molecular complexity index is 475. The molecule has 7 heteroatoms. The Morgan fingerprint density at radius 1 is 1.04 bits per heavy atom. The lowest BCUT2D eigenvalue weighted by molar-refractivity contribution is 0.349. The number of hydrogen-bond donors (Lipinski definition) is 3. The van der Waals surface area contributed by atoms with E-state index in [-0.39, 0.29) is 6.42 Å². The third-order valence-corrected chi connectivity index (χ3v) is 7.77. The second-order valence-electron chi connectivity index (χ2n) is 6.49. The Morgan fingerprint density at radius 3 is 2.21 bits per heavy atom. The molecule has 0 aliphatic carbocycles. The molecule has 0 heterocycles. The van der Waals surface area contributed by atoms with Crippen molar-refractivity contribution in [3.63, 3.8) is 0 Å². The normalized spacial score (nSPS) is 14.4. The molecule has 3 N–H and O–H groups in total. The van der Waals surface area contributed by atoms with Crippen LogP contribution in [0, 0.1) is 0 Å². The highest BCUT2D eigenvalue weighted by atomic mass is 31.2. The number of unbranched alkanes of at least 4 members (excludes halogenated alkanes) is 4. The van der Waals surface area contributed by atoms with Crippen LogP contribution in [0.4, 0.5) is 0 Å². The number of aliphatic hydroxyl groups excluding tert-OH is 1. The highest BCUT2D eigenvalue weighted by molar-refractivity contribution is 7.67. The molecule has 0 aliphatic heterocycles. The van der Waals surface area contributed by atoms with Crippen LogP contribution in [0.5, 0.6) is 0 Å². The summed E-state index contributed by atoms with van der Waals surface area (Å²) in [7, 11) is -6.65. The summed E-state index contributed by atoms with van der Waals surface area (Å²) in [4.78, 5) is 18.4. The molecule has 140 valence electrons. The summed E-state index contributed by atoms with van der Waals surface area (Å²) in [6.07, 6.45) is 10.8. The van der Waals surface area contributed by atoms with Crippen LogP contribution >= 0.6 is 15.4 Å². The van der Waals surface area contributed by atoms with E-state index in [2.05, 4.69) is 32.9 Å². The van der Waals surface area contributed by atoms with Gasteiger partial charge in [-0.2, -0.15) is 0 Å². The third-order valence-electron chi connectivity index (χ3n) is 3.86. The maximum absolute atomic E-state index is 11.5. The van der Waals surface area contributed by atoms with E-state index in [1.807, 2.05) is 0 Å². The lowest BCUT2D eigenvalue weighted by Gasteiger charge is -2.08. The molecule has 0 fully saturated rings. The molecule has 0 aromatic rings. The molecule has 0 saturated carbocycles. The minimum absolute atomic E-state index is 0.206. The van der Waals surface area contributed by atoms with Crippen molar-refractivity contribution in [2.75, 3.05) is 6.35 Å². The number of rotatable bonds is 13. The van der Waals surface area contributed by atoms with Crippen LogP contribution in [0.2, 0.25) is 0 Å². The molecule has 0 saturated heterocycles. The summed E-state index contributed by atoms with van der Waals surface area (Å²) < 4.78 is 22.8. The second-order valence-corrected chi connectivity index (χ2v) is 10.4. The summed E-state index contributed by atoms with van der Waals surface area (Å²) in [5.74, 6) is 0. The Labute approximate surface area is 147 Å². The number of allylic oxidation sites excluding steroid dienone is 4. The Morgan fingerprint density at radius 2 is 1.67 bits per heavy atom. The van der Waals surface area contributed by atoms with Gasteiger partial charge in [-0.05, 0) is 52.9 Å². The van der Waals surface area contributed by atoms with Crippen LogP contribution < -0.4 is 0 Å². The standard InChI is InChI=1S/C17H32O5P2/c1-15(2)10-9-12-16(3)11-7-5-4-6-8-13-17(23(19)14-18)24(20,21)22/h10-11,17-18H,4-9,12-14H2,1-3H3,(H-,20,21,22)/p+1. The van der Waals surface area contributed by atoms with Gasteiger partial charge in [0.05, 0.1) is 0 Å². The average Bonchev–Trinajstić information content (AvgIpc) is 2.47. The Kier molecular flexibility index (Phi) is 12.8. The highest BCUT2D eigenvalue weighted by Crippen LogP contribution is 2.55. The van der Waals surface area contributed by atoms with Crippen LogP contribution in [0.25, 0.3) is 0 Å². The van der Waals surface area contributed by atoms with E-state index in [9.17, 15) is 18.9 Å². The molecule has 2 unspecified atom stereocenters. The van der Waals surface area contributed by atoms with Crippen molar-refractivity contribution >= 4 is 15.4 Å². The van der Waals surface area contributed by atoms with Gasteiger partial charge in [0.2, 0.25) is 6.35 Å². The van der Waals surface area contributed by atoms with E-state index >= 15 is 0 Å². The molecular formula is C17H33O5P2+. The molecule has 0 radical (unpaired) electrons. The number of hydrogen-bond acceptors (Lipinski definition) is 3. The first kappa shape index (κ1) is 23.7. The van der Waals surface area contributed by atoms with Crippen molar-refractivity contribution in [3.05, 3.63) is 23.3 Å². The molecule has 24 heavy (non-hydrogen) atoms. The fourth-order valence-electron chi connectivity index (χ4n) is 2.44. The molecule has 0 bridgehead atoms. The first-order valence-electron chi connectivity index (χ1n) is 8.57. The fourth-order valence-corrected chi connectivity index (χ4v) is 5.18. The van der Waals surface area contributed by atoms with Gasteiger partial charge in [0, 0.05) is 6.42 Å². The molecule has 0 aromatic heterocycles. The quantitative estimate of drug-likeness (QED) is 0.229. The molecule has 0 rings (SSSR count). The number of aliphatic hydroxyl groups is 1. The first-order valence-corrected chi connectivity index (χ1v) is 11.8. The van der Waals surface area contributed by atoms with E-state index in [4.69, 9.17) is 5.11 Å². The van der Waals surface area contributed by atoms with Crippen LogP contribution in [-0.4, -0.2) is 26.6 Å².